The fraction of sp³-hybridized carbons (Fsp3) is 0.435. The third kappa shape index (κ3) is 3.56. The molecule has 0 bridgehead atoms. The molecule has 1 fully saturated rings. The summed E-state index contributed by atoms with van der Waals surface area (Å²) in [4.78, 5) is 12.0. The first-order valence-corrected chi connectivity index (χ1v) is 11.6. The number of rotatable bonds is 7. The summed E-state index contributed by atoms with van der Waals surface area (Å²) >= 11 is 0. The van der Waals surface area contributed by atoms with Gasteiger partial charge in [-0.15, -0.1) is 0 Å². The average Bonchev–Trinajstić information content (AvgIpc) is 3.42. The van der Waals surface area contributed by atoms with Gasteiger partial charge in [-0.3, -0.25) is 4.79 Å². The molecule has 2 atom stereocenters. The van der Waals surface area contributed by atoms with Crippen LogP contribution in [-0.2, 0) is 9.22 Å². The van der Waals surface area contributed by atoms with Gasteiger partial charge in [0, 0.05) is 18.9 Å². The van der Waals surface area contributed by atoms with Crippen LogP contribution in [0.2, 0.25) is 5.04 Å². The van der Waals surface area contributed by atoms with Crippen LogP contribution in [0.3, 0.4) is 0 Å². The Morgan fingerprint density at radius 3 is 1.92 bits per heavy atom. The van der Waals surface area contributed by atoms with Crippen molar-refractivity contribution in [3.8, 4) is 0 Å². The molecule has 2 aromatic carbocycles. The molecular weight excluding hydrogens is 336 g/mol. The first kappa shape index (κ1) is 19.1. The minimum absolute atomic E-state index is 0.00510. The van der Waals surface area contributed by atoms with E-state index in [1.54, 1.807) is 0 Å². The zero-order valence-corrected chi connectivity index (χ0v) is 17.4. The molecule has 0 N–H and O–H groups in total. The fourth-order valence-corrected chi connectivity index (χ4v) is 8.70. The quantitative estimate of drug-likeness (QED) is 0.687. The lowest BCUT2D eigenvalue weighted by Crippen LogP contribution is -2.66. The van der Waals surface area contributed by atoms with E-state index in [-0.39, 0.29) is 11.0 Å². The lowest BCUT2D eigenvalue weighted by molar-refractivity contribution is -0.120. The second kappa shape index (κ2) is 7.49. The third-order valence-corrected chi connectivity index (χ3v) is 10.6. The van der Waals surface area contributed by atoms with Gasteiger partial charge in [-0.25, -0.2) is 0 Å². The van der Waals surface area contributed by atoms with Crippen LogP contribution in [0.5, 0.6) is 0 Å². The summed E-state index contributed by atoms with van der Waals surface area (Å²) in [5, 5.41) is 2.60. The summed E-state index contributed by atoms with van der Waals surface area (Å²) in [7, 11) is -2.46. The molecule has 0 amide bonds. The van der Waals surface area contributed by atoms with E-state index in [1.165, 1.54) is 10.4 Å². The van der Waals surface area contributed by atoms with Crippen molar-refractivity contribution in [3.63, 3.8) is 0 Å². The Hall–Kier alpha value is -1.71. The van der Waals surface area contributed by atoms with E-state index in [4.69, 9.17) is 4.43 Å². The average molecular weight is 367 g/mol. The Kier molecular flexibility index (Phi) is 5.49. The van der Waals surface area contributed by atoms with E-state index < -0.39 is 8.32 Å². The van der Waals surface area contributed by atoms with Crippen molar-refractivity contribution >= 4 is 24.5 Å². The fourth-order valence-electron chi connectivity index (χ4n) is 4.08. The highest BCUT2D eigenvalue weighted by Gasteiger charge is 2.52. The van der Waals surface area contributed by atoms with Crippen LogP contribution in [0.1, 0.15) is 40.5 Å². The van der Waals surface area contributed by atoms with Crippen molar-refractivity contribution in [3.05, 3.63) is 60.7 Å². The lowest BCUT2D eigenvalue weighted by Gasteiger charge is -2.43. The van der Waals surface area contributed by atoms with Gasteiger partial charge in [0.25, 0.3) is 8.32 Å². The van der Waals surface area contributed by atoms with Crippen LogP contribution in [0.4, 0.5) is 0 Å². The molecule has 138 valence electrons. The van der Waals surface area contributed by atoms with Gasteiger partial charge in [0.1, 0.15) is 5.78 Å². The summed E-state index contributed by atoms with van der Waals surface area (Å²) < 4.78 is 6.90. The molecule has 0 aromatic heterocycles. The van der Waals surface area contributed by atoms with Crippen molar-refractivity contribution in [2.75, 3.05) is 6.61 Å². The summed E-state index contributed by atoms with van der Waals surface area (Å²) in [6.07, 6.45) is 1.63. The second-order valence-corrected chi connectivity index (χ2v) is 12.7. The second-order valence-electron chi connectivity index (χ2n) is 8.40. The van der Waals surface area contributed by atoms with E-state index in [1.807, 2.05) is 6.92 Å². The van der Waals surface area contributed by atoms with Crippen LogP contribution in [-0.4, -0.2) is 20.7 Å². The molecule has 2 nitrogen and oxygen atoms in total. The van der Waals surface area contributed by atoms with Crippen LogP contribution in [0, 0.1) is 11.8 Å². The van der Waals surface area contributed by atoms with E-state index in [0.717, 1.165) is 6.42 Å². The molecule has 0 saturated heterocycles. The maximum absolute atomic E-state index is 12.0. The summed E-state index contributed by atoms with van der Waals surface area (Å²) in [6.45, 7) is 9.52. The SMILES string of the molecule is CCC(=O)[C@H]1C[C@H]1CO[Si](c1ccccc1)(c1ccccc1)C(C)(C)C. The molecule has 3 rings (SSSR count). The van der Waals surface area contributed by atoms with Crippen LogP contribution in [0.25, 0.3) is 0 Å². The van der Waals surface area contributed by atoms with Crippen LogP contribution >= 0.6 is 0 Å². The molecule has 3 heteroatoms. The first-order chi connectivity index (χ1) is 12.4. The zero-order valence-electron chi connectivity index (χ0n) is 16.4. The standard InChI is InChI=1S/C23H30O2Si/c1-5-22(24)21-16-18(21)17-25-26(23(2,3)4,19-12-8-6-9-13-19)20-14-10-7-11-15-20/h6-15,18,21H,5,16-17H2,1-4H3/t18-,21-/m0/s1. The minimum atomic E-state index is -2.46. The molecule has 1 saturated carbocycles. The van der Waals surface area contributed by atoms with Crippen molar-refractivity contribution in [1.82, 2.24) is 0 Å². The number of carbonyl (C=O) groups is 1. The maximum Gasteiger partial charge on any atom is 0.261 e. The molecular formula is C23H30O2Si. The molecule has 1 aliphatic rings. The number of hydrogen-bond acceptors (Lipinski definition) is 2. The Labute approximate surface area is 158 Å². The predicted molar refractivity (Wildman–Crippen MR) is 110 cm³/mol. The highest BCUT2D eigenvalue weighted by atomic mass is 28.4. The van der Waals surface area contributed by atoms with Crippen LogP contribution in [0.15, 0.2) is 60.7 Å². The Morgan fingerprint density at radius 2 is 1.50 bits per heavy atom. The van der Waals surface area contributed by atoms with Gasteiger partial charge in [-0.1, -0.05) is 88.4 Å². The normalized spacial score (nSPS) is 20.0. The molecule has 2 aromatic rings. The number of benzene rings is 2. The highest BCUT2D eigenvalue weighted by Crippen LogP contribution is 2.43. The number of ketones is 1. The van der Waals surface area contributed by atoms with E-state index >= 15 is 0 Å². The van der Waals surface area contributed by atoms with Gasteiger partial charge in [0.2, 0.25) is 0 Å². The molecule has 0 spiro atoms. The monoisotopic (exact) mass is 366 g/mol. The highest BCUT2D eigenvalue weighted by molar-refractivity contribution is 6.99. The Balaban J connectivity index is 1.97. The maximum atomic E-state index is 12.0. The summed E-state index contributed by atoms with van der Waals surface area (Å²) in [6, 6.07) is 21.4. The van der Waals surface area contributed by atoms with Crippen molar-refractivity contribution < 1.29 is 9.22 Å². The number of hydrogen-bond donors (Lipinski definition) is 0. The van der Waals surface area contributed by atoms with Gasteiger partial charge in [-0.05, 0) is 27.8 Å². The number of carbonyl (C=O) groups excluding carboxylic acids is 1. The molecule has 0 aliphatic heterocycles. The topological polar surface area (TPSA) is 26.3 Å². The smallest absolute Gasteiger partial charge is 0.261 e. The van der Waals surface area contributed by atoms with Gasteiger partial charge >= 0.3 is 0 Å². The molecule has 0 heterocycles. The van der Waals surface area contributed by atoms with Gasteiger partial charge in [-0.2, -0.15) is 0 Å². The van der Waals surface area contributed by atoms with Crippen molar-refractivity contribution in [2.24, 2.45) is 11.8 Å². The predicted octanol–water partition coefficient (Wildman–Crippen LogP) is 4.18. The van der Waals surface area contributed by atoms with Crippen molar-refractivity contribution in [1.29, 1.82) is 0 Å². The Morgan fingerprint density at radius 1 is 1.00 bits per heavy atom. The van der Waals surface area contributed by atoms with Crippen molar-refractivity contribution in [2.45, 2.75) is 45.6 Å². The third-order valence-electron chi connectivity index (χ3n) is 5.62. The molecule has 26 heavy (non-hydrogen) atoms. The van der Waals surface area contributed by atoms with E-state index in [9.17, 15) is 4.79 Å². The van der Waals surface area contributed by atoms with E-state index in [0.29, 0.717) is 24.7 Å². The van der Waals surface area contributed by atoms with E-state index in [2.05, 4.69) is 81.4 Å². The lowest BCUT2D eigenvalue weighted by atomic mass is 10.2. The molecule has 0 radical (unpaired) electrons. The minimum Gasteiger partial charge on any atom is -0.407 e. The van der Waals surface area contributed by atoms with Crippen LogP contribution < -0.4 is 10.4 Å². The van der Waals surface area contributed by atoms with Gasteiger partial charge in [0.05, 0.1) is 0 Å². The summed E-state index contributed by atoms with van der Waals surface area (Å²) in [5.41, 5.74) is 0. The summed E-state index contributed by atoms with van der Waals surface area (Å²) in [5.74, 6) is 1.00. The van der Waals surface area contributed by atoms with Gasteiger partial charge < -0.3 is 4.43 Å². The molecule has 0 unspecified atom stereocenters. The Bertz CT molecular complexity index is 694. The molecule has 1 aliphatic carbocycles. The first-order valence-electron chi connectivity index (χ1n) is 9.68. The zero-order chi connectivity index (χ0) is 18.8. The largest absolute Gasteiger partial charge is 0.407 e. The van der Waals surface area contributed by atoms with Gasteiger partial charge in [0.15, 0.2) is 0 Å². The number of Topliss-reactive ketones (excluding diaryl/α,β-unsaturated/α-hetero) is 1.